The molecule has 3 rings (SSSR count). The van der Waals surface area contributed by atoms with Crippen molar-refractivity contribution < 1.29 is 9.53 Å². The molecule has 1 heterocycles. The van der Waals surface area contributed by atoms with Gasteiger partial charge in [-0.15, -0.1) is 0 Å². The van der Waals surface area contributed by atoms with E-state index in [0.29, 0.717) is 24.6 Å². The third-order valence-corrected chi connectivity index (χ3v) is 4.06. The summed E-state index contributed by atoms with van der Waals surface area (Å²) in [6.45, 7) is 5.29. The third-order valence-electron chi connectivity index (χ3n) is 4.06. The van der Waals surface area contributed by atoms with E-state index in [4.69, 9.17) is 4.74 Å². The SMILES string of the molecule is CC(C)CNC(=O)c1cncc(Nc2ccc(OCc3ccccc3)cc2)c1. The number of nitrogens with zero attached hydrogens (tertiary/aromatic N) is 1. The average Bonchev–Trinajstić information content (AvgIpc) is 2.72. The zero-order valence-corrected chi connectivity index (χ0v) is 16.2. The first-order valence-electron chi connectivity index (χ1n) is 9.37. The second-order valence-electron chi connectivity index (χ2n) is 6.99. The van der Waals surface area contributed by atoms with Crippen LogP contribution in [0.15, 0.2) is 73.1 Å². The van der Waals surface area contributed by atoms with Crippen LogP contribution < -0.4 is 15.4 Å². The minimum Gasteiger partial charge on any atom is -0.489 e. The van der Waals surface area contributed by atoms with Crippen molar-refractivity contribution in [2.45, 2.75) is 20.5 Å². The molecule has 0 aliphatic carbocycles. The van der Waals surface area contributed by atoms with Crippen molar-refractivity contribution in [1.29, 1.82) is 0 Å². The van der Waals surface area contributed by atoms with E-state index in [-0.39, 0.29) is 5.91 Å². The van der Waals surface area contributed by atoms with E-state index in [2.05, 4.69) is 29.5 Å². The van der Waals surface area contributed by atoms with Crippen LogP contribution >= 0.6 is 0 Å². The Morgan fingerprint density at radius 2 is 1.75 bits per heavy atom. The highest BCUT2D eigenvalue weighted by molar-refractivity contribution is 5.94. The zero-order valence-electron chi connectivity index (χ0n) is 16.2. The number of carbonyl (C=O) groups excluding carboxylic acids is 1. The van der Waals surface area contributed by atoms with Crippen LogP contribution in [0.25, 0.3) is 0 Å². The molecule has 0 unspecified atom stereocenters. The van der Waals surface area contributed by atoms with Gasteiger partial charge in [-0.3, -0.25) is 9.78 Å². The second-order valence-corrected chi connectivity index (χ2v) is 6.99. The first-order chi connectivity index (χ1) is 13.6. The highest BCUT2D eigenvalue weighted by Crippen LogP contribution is 2.21. The number of hydrogen-bond acceptors (Lipinski definition) is 4. The fourth-order valence-corrected chi connectivity index (χ4v) is 2.57. The molecule has 1 amide bonds. The van der Waals surface area contributed by atoms with Crippen molar-refractivity contribution in [2.75, 3.05) is 11.9 Å². The van der Waals surface area contributed by atoms with Gasteiger partial charge in [0, 0.05) is 18.4 Å². The van der Waals surface area contributed by atoms with Gasteiger partial charge in [-0.25, -0.2) is 0 Å². The molecule has 0 aliphatic heterocycles. The topological polar surface area (TPSA) is 63.2 Å². The smallest absolute Gasteiger partial charge is 0.252 e. The molecule has 0 radical (unpaired) electrons. The maximum Gasteiger partial charge on any atom is 0.252 e. The molecule has 5 nitrogen and oxygen atoms in total. The third kappa shape index (κ3) is 5.84. The minimum absolute atomic E-state index is 0.116. The molecule has 3 aromatic rings. The molecule has 0 bridgehead atoms. The maximum absolute atomic E-state index is 12.2. The molecule has 1 aromatic heterocycles. The molecule has 0 spiro atoms. The summed E-state index contributed by atoms with van der Waals surface area (Å²) in [5, 5.41) is 6.17. The number of hydrogen-bond donors (Lipinski definition) is 2. The van der Waals surface area contributed by atoms with Crippen molar-refractivity contribution >= 4 is 17.3 Å². The predicted octanol–water partition coefficient (Wildman–Crippen LogP) is 4.79. The first kappa shape index (κ1) is 19.4. The largest absolute Gasteiger partial charge is 0.489 e. The van der Waals surface area contributed by atoms with E-state index in [1.165, 1.54) is 0 Å². The molecule has 2 N–H and O–H groups in total. The van der Waals surface area contributed by atoms with Crippen LogP contribution in [-0.4, -0.2) is 17.4 Å². The maximum atomic E-state index is 12.2. The summed E-state index contributed by atoms with van der Waals surface area (Å²) in [6, 6.07) is 19.5. The summed E-state index contributed by atoms with van der Waals surface area (Å²) in [6.07, 6.45) is 3.26. The molecule has 0 saturated carbocycles. The zero-order chi connectivity index (χ0) is 19.8. The summed E-state index contributed by atoms with van der Waals surface area (Å²) in [7, 11) is 0. The van der Waals surface area contributed by atoms with Crippen LogP contribution in [0.2, 0.25) is 0 Å². The van der Waals surface area contributed by atoms with Crippen LogP contribution in [0.5, 0.6) is 5.75 Å². The van der Waals surface area contributed by atoms with Crippen molar-refractivity contribution in [3.05, 3.63) is 84.2 Å². The monoisotopic (exact) mass is 375 g/mol. The summed E-state index contributed by atoms with van der Waals surface area (Å²) >= 11 is 0. The van der Waals surface area contributed by atoms with Crippen molar-refractivity contribution in [1.82, 2.24) is 10.3 Å². The number of anilines is 2. The van der Waals surface area contributed by atoms with Crippen LogP contribution in [0, 0.1) is 5.92 Å². The van der Waals surface area contributed by atoms with E-state index in [1.54, 1.807) is 18.5 Å². The fraction of sp³-hybridized carbons (Fsp3) is 0.217. The lowest BCUT2D eigenvalue weighted by Crippen LogP contribution is -2.27. The number of amides is 1. The van der Waals surface area contributed by atoms with E-state index >= 15 is 0 Å². The Hall–Kier alpha value is -3.34. The molecule has 0 aliphatic rings. The van der Waals surface area contributed by atoms with Crippen molar-refractivity contribution in [3.8, 4) is 5.75 Å². The molecule has 0 saturated heterocycles. The van der Waals surface area contributed by atoms with Gasteiger partial charge in [0.25, 0.3) is 5.91 Å². The lowest BCUT2D eigenvalue weighted by Gasteiger charge is -2.11. The number of ether oxygens (including phenoxy) is 1. The van der Waals surface area contributed by atoms with E-state index in [0.717, 1.165) is 22.7 Å². The Bertz CT molecular complexity index is 893. The Labute approximate surface area is 165 Å². The molecule has 2 aromatic carbocycles. The van der Waals surface area contributed by atoms with Crippen molar-refractivity contribution in [2.24, 2.45) is 5.92 Å². The first-order valence-corrected chi connectivity index (χ1v) is 9.37. The van der Waals surface area contributed by atoms with Gasteiger partial charge in [0.2, 0.25) is 0 Å². The summed E-state index contributed by atoms with van der Waals surface area (Å²) in [4.78, 5) is 16.4. The van der Waals surface area contributed by atoms with Crippen LogP contribution in [0.4, 0.5) is 11.4 Å². The quantitative estimate of drug-likeness (QED) is 0.594. The number of nitrogens with one attached hydrogen (secondary N) is 2. The van der Waals surface area contributed by atoms with Gasteiger partial charge in [0.15, 0.2) is 0 Å². The standard InChI is InChI=1S/C23H25N3O2/c1-17(2)13-25-23(27)19-12-21(15-24-14-19)26-20-8-10-22(11-9-20)28-16-18-6-4-3-5-7-18/h3-12,14-15,17,26H,13,16H2,1-2H3,(H,25,27). The van der Waals surface area contributed by atoms with Gasteiger partial charge in [0.1, 0.15) is 12.4 Å². The van der Waals surface area contributed by atoms with Gasteiger partial charge in [-0.05, 0) is 41.8 Å². The number of rotatable bonds is 8. The molecule has 0 fully saturated rings. The minimum atomic E-state index is -0.116. The average molecular weight is 375 g/mol. The normalized spacial score (nSPS) is 10.5. The molecular formula is C23H25N3O2. The van der Waals surface area contributed by atoms with E-state index in [1.807, 2.05) is 54.6 Å². The lowest BCUT2D eigenvalue weighted by atomic mass is 10.2. The molecule has 28 heavy (non-hydrogen) atoms. The predicted molar refractivity (Wildman–Crippen MR) is 112 cm³/mol. The number of pyridine rings is 1. The fourth-order valence-electron chi connectivity index (χ4n) is 2.57. The van der Waals surface area contributed by atoms with Crippen LogP contribution in [0.1, 0.15) is 29.8 Å². The Kier molecular flexibility index (Phi) is 6.63. The van der Waals surface area contributed by atoms with E-state index in [9.17, 15) is 4.79 Å². The van der Waals surface area contributed by atoms with Gasteiger partial charge >= 0.3 is 0 Å². The van der Waals surface area contributed by atoms with Gasteiger partial charge in [0.05, 0.1) is 17.4 Å². The number of aromatic nitrogens is 1. The summed E-state index contributed by atoms with van der Waals surface area (Å²) in [5.41, 5.74) is 3.32. The van der Waals surface area contributed by atoms with Crippen LogP contribution in [-0.2, 0) is 6.61 Å². The number of benzene rings is 2. The molecular weight excluding hydrogens is 350 g/mol. The highest BCUT2D eigenvalue weighted by Gasteiger charge is 2.07. The van der Waals surface area contributed by atoms with Gasteiger partial charge in [-0.2, -0.15) is 0 Å². The van der Waals surface area contributed by atoms with Gasteiger partial charge in [-0.1, -0.05) is 44.2 Å². The van der Waals surface area contributed by atoms with Crippen molar-refractivity contribution in [3.63, 3.8) is 0 Å². The molecule has 5 heteroatoms. The van der Waals surface area contributed by atoms with Gasteiger partial charge < -0.3 is 15.4 Å². The Morgan fingerprint density at radius 1 is 1.00 bits per heavy atom. The highest BCUT2D eigenvalue weighted by atomic mass is 16.5. The lowest BCUT2D eigenvalue weighted by molar-refractivity contribution is 0.0948. The van der Waals surface area contributed by atoms with Crippen LogP contribution in [0.3, 0.4) is 0 Å². The second kappa shape index (κ2) is 9.55. The molecule has 0 atom stereocenters. The number of carbonyl (C=O) groups is 1. The Morgan fingerprint density at radius 3 is 2.46 bits per heavy atom. The summed E-state index contributed by atoms with van der Waals surface area (Å²) < 4.78 is 5.80. The molecule has 144 valence electrons. The summed E-state index contributed by atoms with van der Waals surface area (Å²) in [5.74, 6) is 1.09. The Balaban J connectivity index is 1.58. The van der Waals surface area contributed by atoms with E-state index < -0.39 is 0 Å².